The number of hydrogen-bond donors (Lipinski definition) is 1. The van der Waals surface area contributed by atoms with E-state index in [1.165, 1.54) is 0 Å². The molecule has 0 fully saturated rings. The van der Waals surface area contributed by atoms with Gasteiger partial charge < -0.3 is 10.1 Å². The van der Waals surface area contributed by atoms with Gasteiger partial charge in [0.05, 0.1) is 35.6 Å². The van der Waals surface area contributed by atoms with Gasteiger partial charge in [0.15, 0.2) is 0 Å². The van der Waals surface area contributed by atoms with Crippen molar-refractivity contribution in [3.05, 3.63) is 53.2 Å². The molecule has 0 radical (unpaired) electrons. The van der Waals surface area contributed by atoms with Crippen LogP contribution in [0.4, 0.5) is 5.69 Å². The Bertz CT molecular complexity index is 782. The lowest BCUT2D eigenvalue weighted by Crippen LogP contribution is -2.02. The quantitative estimate of drug-likeness (QED) is 0.795. The van der Waals surface area contributed by atoms with E-state index in [1.807, 2.05) is 42.1 Å². The van der Waals surface area contributed by atoms with Crippen LogP contribution in [0.5, 0.6) is 5.75 Å². The maximum Gasteiger partial charge on any atom is 0.121 e. The highest BCUT2D eigenvalue weighted by molar-refractivity contribution is 6.33. The minimum atomic E-state index is 0.605. The van der Waals surface area contributed by atoms with Crippen LogP contribution in [0.1, 0.15) is 5.69 Å². The number of aromatic nitrogens is 2. The van der Waals surface area contributed by atoms with Crippen molar-refractivity contribution >= 4 is 28.2 Å². The normalized spacial score (nSPS) is 10.8. The first-order valence-corrected chi connectivity index (χ1v) is 7.05. The molecule has 0 unspecified atom stereocenters. The van der Waals surface area contributed by atoms with E-state index in [0.717, 1.165) is 28.0 Å². The third-order valence-electron chi connectivity index (χ3n) is 3.45. The highest BCUT2D eigenvalue weighted by Crippen LogP contribution is 2.27. The van der Waals surface area contributed by atoms with E-state index in [0.29, 0.717) is 11.6 Å². The molecule has 0 bridgehead atoms. The number of nitrogens with one attached hydrogen (secondary N) is 1. The number of fused-ring (bicyclic) bond motifs is 1. The van der Waals surface area contributed by atoms with Crippen LogP contribution >= 0.6 is 11.6 Å². The summed E-state index contributed by atoms with van der Waals surface area (Å²) in [5, 5.41) is 9.69. The molecule has 1 N–H and O–H groups in total. The first-order chi connectivity index (χ1) is 10.2. The second-order valence-corrected chi connectivity index (χ2v) is 5.19. The average Bonchev–Trinajstić information content (AvgIpc) is 2.83. The number of ether oxygens (including phenoxy) is 1. The zero-order valence-corrected chi connectivity index (χ0v) is 12.7. The zero-order valence-electron chi connectivity index (χ0n) is 11.9. The Balaban J connectivity index is 1.87. The third-order valence-corrected chi connectivity index (χ3v) is 3.78. The van der Waals surface area contributed by atoms with Gasteiger partial charge in [-0.25, -0.2) is 0 Å². The van der Waals surface area contributed by atoms with Crippen molar-refractivity contribution in [1.29, 1.82) is 0 Å². The minimum Gasteiger partial charge on any atom is -0.497 e. The molecule has 0 amide bonds. The van der Waals surface area contributed by atoms with Crippen LogP contribution < -0.4 is 10.1 Å². The summed E-state index contributed by atoms with van der Waals surface area (Å²) in [6, 6.07) is 13.7. The number of benzene rings is 2. The van der Waals surface area contributed by atoms with Gasteiger partial charge in [-0.05, 0) is 18.2 Å². The molecule has 0 saturated heterocycles. The summed E-state index contributed by atoms with van der Waals surface area (Å²) in [6.07, 6.45) is 0. The van der Waals surface area contributed by atoms with Crippen LogP contribution in [0.3, 0.4) is 0 Å². The fourth-order valence-electron chi connectivity index (χ4n) is 2.37. The van der Waals surface area contributed by atoms with Gasteiger partial charge in [-0.1, -0.05) is 29.8 Å². The minimum absolute atomic E-state index is 0.605. The Labute approximate surface area is 128 Å². The molecule has 0 aliphatic heterocycles. The Morgan fingerprint density at radius 2 is 2.05 bits per heavy atom. The molecule has 3 rings (SSSR count). The summed E-state index contributed by atoms with van der Waals surface area (Å²) < 4.78 is 7.11. The van der Waals surface area contributed by atoms with Crippen LogP contribution in [0, 0.1) is 0 Å². The molecule has 0 saturated carbocycles. The zero-order chi connectivity index (χ0) is 14.8. The number of aryl methyl sites for hydroxylation is 1. The van der Waals surface area contributed by atoms with E-state index in [-0.39, 0.29) is 0 Å². The summed E-state index contributed by atoms with van der Waals surface area (Å²) in [5.74, 6) is 0.771. The number of para-hydroxylation sites is 1. The van der Waals surface area contributed by atoms with Gasteiger partial charge >= 0.3 is 0 Å². The topological polar surface area (TPSA) is 39.1 Å². The Kier molecular flexibility index (Phi) is 3.71. The largest absolute Gasteiger partial charge is 0.497 e. The van der Waals surface area contributed by atoms with Crippen molar-refractivity contribution in [2.24, 2.45) is 7.05 Å². The molecular formula is C16H16ClN3O. The van der Waals surface area contributed by atoms with E-state index >= 15 is 0 Å². The van der Waals surface area contributed by atoms with E-state index in [4.69, 9.17) is 16.3 Å². The molecule has 0 atom stereocenters. The second kappa shape index (κ2) is 5.66. The first-order valence-electron chi connectivity index (χ1n) is 6.67. The molecule has 5 heteroatoms. The predicted octanol–water partition coefficient (Wildman–Crippen LogP) is 3.85. The molecule has 4 nitrogen and oxygen atoms in total. The smallest absolute Gasteiger partial charge is 0.121 e. The number of hydrogen-bond acceptors (Lipinski definition) is 3. The lowest BCUT2D eigenvalue weighted by molar-refractivity contribution is 0.415. The maximum atomic E-state index is 6.20. The van der Waals surface area contributed by atoms with Crippen LogP contribution in [0.25, 0.3) is 10.9 Å². The van der Waals surface area contributed by atoms with Crippen LogP contribution in [0.2, 0.25) is 5.02 Å². The number of anilines is 1. The van der Waals surface area contributed by atoms with Crippen molar-refractivity contribution in [1.82, 2.24) is 9.78 Å². The summed E-state index contributed by atoms with van der Waals surface area (Å²) >= 11 is 6.20. The molecule has 2 aromatic carbocycles. The highest BCUT2D eigenvalue weighted by Gasteiger charge is 2.09. The average molecular weight is 302 g/mol. The van der Waals surface area contributed by atoms with Crippen LogP contribution in [0.15, 0.2) is 42.5 Å². The molecule has 108 valence electrons. The van der Waals surface area contributed by atoms with Gasteiger partial charge in [0.1, 0.15) is 5.75 Å². The van der Waals surface area contributed by atoms with Gasteiger partial charge in [0, 0.05) is 18.5 Å². The lowest BCUT2D eigenvalue weighted by atomic mass is 10.2. The SMILES string of the molecule is COc1ccc(Cl)c(NCc2nn(C)c3ccccc23)c1. The van der Waals surface area contributed by atoms with Crippen molar-refractivity contribution in [2.75, 3.05) is 12.4 Å². The molecule has 0 aliphatic rings. The summed E-state index contributed by atoms with van der Waals surface area (Å²) in [7, 11) is 3.59. The summed E-state index contributed by atoms with van der Waals surface area (Å²) in [4.78, 5) is 0. The van der Waals surface area contributed by atoms with E-state index in [2.05, 4.69) is 22.5 Å². The van der Waals surface area contributed by atoms with E-state index in [9.17, 15) is 0 Å². The standard InChI is InChI=1S/C16H16ClN3O/c1-20-16-6-4-3-5-12(16)15(19-20)10-18-14-9-11(21-2)7-8-13(14)17/h3-9,18H,10H2,1-2H3. The third kappa shape index (κ3) is 2.67. The molecule has 1 aromatic heterocycles. The van der Waals surface area contributed by atoms with Crippen LogP contribution in [-0.4, -0.2) is 16.9 Å². The number of halogens is 1. The predicted molar refractivity (Wildman–Crippen MR) is 86.0 cm³/mol. The Morgan fingerprint density at radius 1 is 1.24 bits per heavy atom. The monoisotopic (exact) mass is 301 g/mol. The second-order valence-electron chi connectivity index (χ2n) is 4.79. The van der Waals surface area contributed by atoms with E-state index in [1.54, 1.807) is 7.11 Å². The first kappa shape index (κ1) is 13.8. The lowest BCUT2D eigenvalue weighted by Gasteiger charge is -2.09. The number of nitrogens with zero attached hydrogens (tertiary/aromatic N) is 2. The summed E-state index contributed by atoms with van der Waals surface area (Å²) in [6.45, 7) is 0.605. The van der Waals surface area contributed by atoms with E-state index < -0.39 is 0 Å². The number of methoxy groups -OCH3 is 1. The van der Waals surface area contributed by atoms with Crippen molar-refractivity contribution in [3.8, 4) is 5.75 Å². The maximum absolute atomic E-state index is 6.20. The van der Waals surface area contributed by atoms with Crippen molar-refractivity contribution < 1.29 is 4.74 Å². The Morgan fingerprint density at radius 3 is 2.86 bits per heavy atom. The van der Waals surface area contributed by atoms with Crippen molar-refractivity contribution in [2.45, 2.75) is 6.54 Å². The van der Waals surface area contributed by atoms with Crippen LogP contribution in [-0.2, 0) is 13.6 Å². The molecular weight excluding hydrogens is 286 g/mol. The number of rotatable bonds is 4. The van der Waals surface area contributed by atoms with Gasteiger partial charge in [-0.15, -0.1) is 0 Å². The molecule has 1 heterocycles. The van der Waals surface area contributed by atoms with Crippen molar-refractivity contribution in [3.63, 3.8) is 0 Å². The molecule has 0 spiro atoms. The molecule has 21 heavy (non-hydrogen) atoms. The van der Waals surface area contributed by atoms with Gasteiger partial charge in [0.2, 0.25) is 0 Å². The van der Waals surface area contributed by atoms with Gasteiger partial charge in [-0.2, -0.15) is 5.10 Å². The molecule has 3 aromatic rings. The van der Waals surface area contributed by atoms with Gasteiger partial charge in [0.25, 0.3) is 0 Å². The van der Waals surface area contributed by atoms with Gasteiger partial charge in [-0.3, -0.25) is 4.68 Å². The Hall–Kier alpha value is -2.20. The fourth-order valence-corrected chi connectivity index (χ4v) is 2.55. The summed E-state index contributed by atoms with van der Waals surface area (Å²) in [5.41, 5.74) is 2.95. The molecule has 0 aliphatic carbocycles. The fraction of sp³-hybridized carbons (Fsp3) is 0.188. The highest BCUT2D eigenvalue weighted by atomic mass is 35.5.